The van der Waals surface area contributed by atoms with Gasteiger partial charge in [-0.05, 0) is 43.7 Å². The smallest absolute Gasteiger partial charge is 0.306 e. The van der Waals surface area contributed by atoms with E-state index in [9.17, 15) is 18.4 Å². The van der Waals surface area contributed by atoms with Gasteiger partial charge in [-0.15, -0.1) is 11.3 Å². The van der Waals surface area contributed by atoms with Crippen molar-refractivity contribution in [3.63, 3.8) is 0 Å². The van der Waals surface area contributed by atoms with Gasteiger partial charge in [0.05, 0.1) is 24.3 Å². The maximum Gasteiger partial charge on any atom is 0.306 e. The number of hydrogen-bond acceptors (Lipinski definition) is 5. The Balaban J connectivity index is 1.88. The molecule has 0 saturated carbocycles. The van der Waals surface area contributed by atoms with E-state index in [1.165, 1.54) is 22.3 Å². The maximum atomic E-state index is 14.0. The van der Waals surface area contributed by atoms with Gasteiger partial charge in [0.15, 0.2) is 11.6 Å². The average Bonchev–Trinajstić information content (AvgIpc) is 3.11. The van der Waals surface area contributed by atoms with Crippen molar-refractivity contribution in [1.29, 1.82) is 0 Å². The van der Waals surface area contributed by atoms with Gasteiger partial charge in [0.25, 0.3) is 0 Å². The molecule has 8 heteroatoms. The van der Waals surface area contributed by atoms with Crippen LogP contribution in [0.3, 0.4) is 0 Å². The summed E-state index contributed by atoms with van der Waals surface area (Å²) in [6, 6.07) is 9.87. The van der Waals surface area contributed by atoms with Crippen molar-refractivity contribution in [2.75, 3.05) is 11.5 Å². The lowest BCUT2D eigenvalue weighted by atomic mass is 10.2. The minimum Gasteiger partial charge on any atom is -0.466 e. The highest BCUT2D eigenvalue weighted by Crippen LogP contribution is 2.28. The van der Waals surface area contributed by atoms with Gasteiger partial charge in [-0.25, -0.2) is 13.8 Å². The van der Waals surface area contributed by atoms with Crippen LogP contribution in [0.1, 0.15) is 30.3 Å². The Morgan fingerprint density at radius 1 is 1.17 bits per heavy atom. The number of carbonyl (C=O) groups excluding carboxylic acids is 2. The zero-order valence-corrected chi connectivity index (χ0v) is 16.9. The van der Waals surface area contributed by atoms with Crippen LogP contribution in [0, 0.1) is 18.6 Å². The second kappa shape index (κ2) is 9.09. The molecular formula is C21H20F2N2O3S. The van der Waals surface area contributed by atoms with Crippen LogP contribution in [-0.4, -0.2) is 23.5 Å². The molecule has 1 heterocycles. The zero-order chi connectivity index (χ0) is 21.0. The molecule has 0 N–H and O–H groups in total. The quantitative estimate of drug-likeness (QED) is 0.519. The number of anilines is 1. The molecule has 0 bridgehead atoms. The third-order valence-corrected chi connectivity index (χ3v) is 5.26. The number of carbonyl (C=O) groups is 2. The Labute approximate surface area is 170 Å². The number of aromatic nitrogens is 1. The number of fused-ring (bicyclic) bond motifs is 1. The normalized spacial score (nSPS) is 10.9. The van der Waals surface area contributed by atoms with E-state index in [-0.39, 0.29) is 37.4 Å². The lowest BCUT2D eigenvalue weighted by Gasteiger charge is -2.22. The average molecular weight is 418 g/mol. The van der Waals surface area contributed by atoms with Gasteiger partial charge < -0.3 is 9.64 Å². The predicted octanol–water partition coefficient (Wildman–Crippen LogP) is 4.76. The van der Waals surface area contributed by atoms with Crippen molar-refractivity contribution in [1.82, 2.24) is 4.98 Å². The first-order valence-electron chi connectivity index (χ1n) is 9.15. The topological polar surface area (TPSA) is 59.5 Å². The van der Waals surface area contributed by atoms with Crippen LogP contribution < -0.4 is 4.90 Å². The minimum absolute atomic E-state index is 0.0271. The van der Waals surface area contributed by atoms with Crippen LogP contribution in [-0.2, 0) is 20.9 Å². The summed E-state index contributed by atoms with van der Waals surface area (Å²) in [4.78, 5) is 30.2. The van der Waals surface area contributed by atoms with E-state index in [4.69, 9.17) is 4.74 Å². The first-order chi connectivity index (χ1) is 13.9. The van der Waals surface area contributed by atoms with Crippen molar-refractivity contribution in [3.8, 4) is 0 Å². The van der Waals surface area contributed by atoms with Crippen LogP contribution in [0.25, 0.3) is 10.2 Å². The number of halogens is 2. The lowest BCUT2D eigenvalue weighted by Crippen LogP contribution is -2.30. The molecule has 0 spiro atoms. The first kappa shape index (κ1) is 20.9. The minimum atomic E-state index is -0.999. The molecular weight excluding hydrogens is 398 g/mol. The second-order valence-corrected chi connectivity index (χ2v) is 7.55. The van der Waals surface area contributed by atoms with Gasteiger partial charge in [-0.3, -0.25) is 9.59 Å². The third kappa shape index (κ3) is 4.95. The first-order valence-corrected chi connectivity index (χ1v) is 9.96. The van der Waals surface area contributed by atoms with Crippen molar-refractivity contribution in [2.45, 2.75) is 33.2 Å². The summed E-state index contributed by atoms with van der Waals surface area (Å²) in [5.74, 6) is -2.69. The number of hydrogen-bond donors (Lipinski definition) is 0. The van der Waals surface area contributed by atoms with E-state index in [0.29, 0.717) is 15.4 Å². The van der Waals surface area contributed by atoms with Gasteiger partial charge >= 0.3 is 5.97 Å². The summed E-state index contributed by atoms with van der Waals surface area (Å²) in [5.41, 5.74) is 1.56. The van der Waals surface area contributed by atoms with Crippen molar-refractivity contribution in [2.24, 2.45) is 0 Å². The van der Waals surface area contributed by atoms with Crippen LogP contribution in [0.2, 0.25) is 0 Å². The van der Waals surface area contributed by atoms with E-state index in [1.54, 1.807) is 13.0 Å². The molecule has 0 aliphatic heterocycles. The number of aryl methyl sites for hydroxylation is 1. The monoisotopic (exact) mass is 418 g/mol. The molecule has 3 rings (SSSR count). The molecule has 0 aliphatic carbocycles. The van der Waals surface area contributed by atoms with Crippen molar-refractivity contribution < 1.29 is 23.1 Å². The van der Waals surface area contributed by atoms with Crippen LogP contribution >= 0.6 is 11.3 Å². The van der Waals surface area contributed by atoms with E-state index >= 15 is 0 Å². The summed E-state index contributed by atoms with van der Waals surface area (Å²) in [7, 11) is 0. The zero-order valence-electron chi connectivity index (χ0n) is 16.1. The van der Waals surface area contributed by atoms with Gasteiger partial charge in [-0.1, -0.05) is 12.1 Å². The Bertz CT molecular complexity index is 1050. The standard InChI is InChI=1S/C21H20F2N2O3S/c1-3-28-19(27)10-9-18(26)25(14-6-4-5-13(2)11-14)12-17-24-21-16(29-17)8-7-15(22)20(21)23/h4-8,11H,3,9-10,12H2,1-2H3. The number of benzene rings is 2. The Morgan fingerprint density at radius 2 is 1.97 bits per heavy atom. The molecule has 5 nitrogen and oxygen atoms in total. The molecule has 152 valence electrons. The molecule has 3 aromatic rings. The second-order valence-electron chi connectivity index (χ2n) is 6.44. The van der Waals surface area contributed by atoms with Crippen molar-refractivity contribution in [3.05, 3.63) is 58.6 Å². The summed E-state index contributed by atoms with van der Waals surface area (Å²) in [6.45, 7) is 3.95. The summed E-state index contributed by atoms with van der Waals surface area (Å²) in [5, 5.41) is 0.468. The van der Waals surface area contributed by atoms with E-state index in [2.05, 4.69) is 4.98 Å². The fourth-order valence-corrected chi connectivity index (χ4v) is 3.83. The molecule has 29 heavy (non-hydrogen) atoms. The van der Waals surface area contributed by atoms with E-state index in [1.807, 2.05) is 25.1 Å². The molecule has 1 aromatic heterocycles. The van der Waals surface area contributed by atoms with E-state index < -0.39 is 17.6 Å². The molecule has 1 amide bonds. The van der Waals surface area contributed by atoms with Crippen LogP contribution in [0.5, 0.6) is 0 Å². The fraction of sp³-hybridized carbons (Fsp3) is 0.286. The number of rotatable bonds is 7. The number of esters is 1. The highest BCUT2D eigenvalue weighted by Gasteiger charge is 2.21. The third-order valence-electron chi connectivity index (χ3n) is 4.25. The molecule has 2 aromatic carbocycles. The fourth-order valence-electron chi connectivity index (χ4n) is 2.88. The maximum absolute atomic E-state index is 14.0. The predicted molar refractivity (Wildman–Crippen MR) is 108 cm³/mol. The SMILES string of the molecule is CCOC(=O)CCC(=O)N(Cc1nc2c(F)c(F)ccc2s1)c1cccc(C)c1. The Kier molecular flexibility index (Phi) is 6.53. The summed E-state index contributed by atoms with van der Waals surface area (Å²) in [6.07, 6.45) is -0.0602. The molecule has 0 saturated heterocycles. The lowest BCUT2D eigenvalue weighted by molar-refractivity contribution is -0.144. The van der Waals surface area contributed by atoms with Crippen LogP contribution in [0.15, 0.2) is 36.4 Å². The summed E-state index contributed by atoms with van der Waals surface area (Å²) < 4.78 is 32.9. The Hall–Kier alpha value is -2.87. The number of nitrogens with zero attached hydrogens (tertiary/aromatic N) is 2. The Morgan fingerprint density at radius 3 is 2.69 bits per heavy atom. The van der Waals surface area contributed by atoms with Crippen LogP contribution in [0.4, 0.5) is 14.5 Å². The largest absolute Gasteiger partial charge is 0.466 e. The molecule has 0 aliphatic rings. The van der Waals surface area contributed by atoms with Gasteiger partial charge in [0.1, 0.15) is 10.5 Å². The molecule has 0 atom stereocenters. The number of amides is 1. The molecule has 0 unspecified atom stereocenters. The highest BCUT2D eigenvalue weighted by molar-refractivity contribution is 7.18. The molecule has 0 radical (unpaired) electrons. The van der Waals surface area contributed by atoms with Gasteiger partial charge in [-0.2, -0.15) is 0 Å². The molecule has 0 fully saturated rings. The van der Waals surface area contributed by atoms with E-state index in [0.717, 1.165) is 11.6 Å². The highest BCUT2D eigenvalue weighted by atomic mass is 32.1. The van der Waals surface area contributed by atoms with Crippen molar-refractivity contribution >= 4 is 39.1 Å². The van der Waals surface area contributed by atoms with Gasteiger partial charge in [0.2, 0.25) is 5.91 Å². The van der Waals surface area contributed by atoms with Gasteiger partial charge in [0, 0.05) is 12.1 Å². The summed E-state index contributed by atoms with van der Waals surface area (Å²) >= 11 is 1.19. The number of thiazole rings is 1. The number of ether oxygens (including phenoxy) is 1.